The maximum atomic E-state index is 13.1. The summed E-state index contributed by atoms with van der Waals surface area (Å²) in [7, 11) is -1.98. The minimum Gasteiger partial charge on any atom is -0.444 e. The van der Waals surface area contributed by atoms with Crippen molar-refractivity contribution in [2.24, 2.45) is 0 Å². The van der Waals surface area contributed by atoms with Crippen LogP contribution in [0.15, 0.2) is 17.1 Å². The summed E-state index contributed by atoms with van der Waals surface area (Å²) in [5.41, 5.74) is 4.51. The third-order valence-corrected chi connectivity index (χ3v) is 10.2. The minimum absolute atomic E-state index is 0.0690. The van der Waals surface area contributed by atoms with Crippen LogP contribution < -0.4 is 11.4 Å². The van der Waals surface area contributed by atoms with Gasteiger partial charge >= 0.3 is 11.8 Å². The lowest BCUT2D eigenvalue weighted by Crippen LogP contribution is -2.49. The van der Waals surface area contributed by atoms with Crippen molar-refractivity contribution < 1.29 is 14.0 Å². The van der Waals surface area contributed by atoms with Crippen molar-refractivity contribution in [2.45, 2.75) is 90.3 Å². The molecule has 1 amide bonds. The first-order valence-corrected chi connectivity index (χ1v) is 13.0. The van der Waals surface area contributed by atoms with Gasteiger partial charge in [-0.25, -0.2) is 9.59 Å². The van der Waals surface area contributed by atoms with Gasteiger partial charge in [-0.15, -0.1) is 0 Å². The monoisotopic (exact) mass is 424 g/mol. The van der Waals surface area contributed by atoms with Gasteiger partial charge in [-0.2, -0.15) is 4.98 Å². The van der Waals surface area contributed by atoms with E-state index in [1.165, 1.54) is 4.57 Å². The molecule has 1 saturated heterocycles. The van der Waals surface area contributed by atoms with E-state index in [2.05, 4.69) is 38.8 Å². The molecule has 8 nitrogen and oxygen atoms in total. The molecule has 29 heavy (non-hydrogen) atoms. The fourth-order valence-electron chi connectivity index (χ4n) is 3.06. The second-order valence-electron chi connectivity index (χ2n) is 10.2. The molecule has 1 aromatic rings. The molecule has 0 aliphatic carbocycles. The average Bonchev–Trinajstić information content (AvgIpc) is 2.94. The van der Waals surface area contributed by atoms with Crippen molar-refractivity contribution in [3.8, 4) is 0 Å². The first kappa shape index (κ1) is 23.4. The van der Waals surface area contributed by atoms with E-state index in [-0.39, 0.29) is 16.9 Å². The highest BCUT2D eigenvalue weighted by atomic mass is 28.4. The molecule has 0 radical (unpaired) electrons. The van der Waals surface area contributed by atoms with Crippen LogP contribution in [0.5, 0.6) is 0 Å². The van der Waals surface area contributed by atoms with Crippen LogP contribution in [0.25, 0.3) is 0 Å². The molecular weight excluding hydrogens is 388 g/mol. The van der Waals surface area contributed by atoms with Crippen molar-refractivity contribution in [2.75, 3.05) is 12.3 Å². The van der Waals surface area contributed by atoms with Crippen LogP contribution in [-0.2, 0) is 9.16 Å². The van der Waals surface area contributed by atoms with Gasteiger partial charge in [0.15, 0.2) is 8.32 Å². The number of carbonyl (C=O) groups excluding carboxylic acids is 1. The van der Waals surface area contributed by atoms with Crippen LogP contribution in [0, 0.1) is 0 Å². The van der Waals surface area contributed by atoms with Gasteiger partial charge in [-0.1, -0.05) is 20.8 Å². The molecule has 0 saturated carbocycles. The molecule has 0 spiro atoms. The third kappa shape index (κ3) is 5.60. The summed E-state index contributed by atoms with van der Waals surface area (Å²) in [4.78, 5) is 30.9. The Kier molecular flexibility index (Phi) is 6.54. The van der Waals surface area contributed by atoms with E-state index >= 15 is 0 Å². The molecular formula is C20H36N4O4Si. The largest absolute Gasteiger partial charge is 0.444 e. The number of rotatable bonds is 4. The third-order valence-electron chi connectivity index (χ3n) is 5.69. The van der Waals surface area contributed by atoms with Gasteiger partial charge in [0.05, 0.1) is 12.6 Å². The van der Waals surface area contributed by atoms with E-state index in [0.717, 1.165) is 6.42 Å². The Bertz CT molecular complexity index is 795. The lowest BCUT2D eigenvalue weighted by molar-refractivity contribution is 0.00131. The molecule has 1 aliphatic heterocycles. The zero-order chi connectivity index (χ0) is 22.2. The van der Waals surface area contributed by atoms with Crippen LogP contribution in [0.1, 0.15) is 60.5 Å². The second-order valence-corrected chi connectivity index (χ2v) is 15.0. The maximum absolute atomic E-state index is 13.1. The van der Waals surface area contributed by atoms with E-state index in [1.54, 1.807) is 17.2 Å². The van der Waals surface area contributed by atoms with Crippen molar-refractivity contribution in [3.63, 3.8) is 0 Å². The second kappa shape index (κ2) is 8.10. The van der Waals surface area contributed by atoms with Gasteiger partial charge < -0.3 is 14.9 Å². The summed E-state index contributed by atoms with van der Waals surface area (Å²) >= 11 is 0. The molecule has 0 bridgehead atoms. The number of nitrogens with zero attached hydrogens (tertiary/aromatic N) is 3. The van der Waals surface area contributed by atoms with Gasteiger partial charge in [0, 0.05) is 6.20 Å². The van der Waals surface area contributed by atoms with Crippen LogP contribution in [0.3, 0.4) is 0 Å². The number of nitrogen functional groups attached to an aromatic ring is 1. The molecule has 2 N–H and O–H groups in total. The van der Waals surface area contributed by atoms with Crippen LogP contribution in [-0.4, -0.2) is 47.1 Å². The summed E-state index contributed by atoms with van der Waals surface area (Å²) in [5, 5.41) is 0.0690. The molecule has 0 aromatic carbocycles. The van der Waals surface area contributed by atoms with Crippen LogP contribution >= 0.6 is 0 Å². The highest BCUT2D eigenvalue weighted by molar-refractivity contribution is 6.74. The fraction of sp³-hybridized carbons (Fsp3) is 0.750. The van der Waals surface area contributed by atoms with Crippen molar-refractivity contribution in [1.82, 2.24) is 14.5 Å². The SMILES string of the molecule is CC(C)(C)OC(=O)N1[C@H](CO[Si](C)(C)C(C)(C)C)CC[C@@H]1n1ccc(N)nc1=O. The lowest BCUT2D eigenvalue weighted by atomic mass is 10.2. The normalized spacial score (nSPS) is 20.8. The van der Waals surface area contributed by atoms with Crippen molar-refractivity contribution >= 4 is 20.2 Å². The summed E-state index contributed by atoms with van der Waals surface area (Å²) in [6.07, 6.45) is 2.00. The predicted octanol–water partition coefficient (Wildman–Crippen LogP) is 3.75. The number of amides is 1. The lowest BCUT2D eigenvalue weighted by Gasteiger charge is -2.39. The maximum Gasteiger partial charge on any atom is 0.412 e. The van der Waals surface area contributed by atoms with Gasteiger partial charge in [0.1, 0.15) is 17.6 Å². The zero-order valence-corrected chi connectivity index (χ0v) is 20.0. The Balaban J connectivity index is 2.31. The number of ether oxygens (including phenoxy) is 1. The summed E-state index contributed by atoms with van der Waals surface area (Å²) < 4.78 is 13.5. The molecule has 1 aromatic heterocycles. The van der Waals surface area contributed by atoms with E-state index in [1.807, 2.05) is 20.8 Å². The van der Waals surface area contributed by atoms with Crippen molar-refractivity contribution in [1.29, 1.82) is 0 Å². The van der Waals surface area contributed by atoms with Crippen molar-refractivity contribution in [3.05, 3.63) is 22.7 Å². The number of hydrogen-bond donors (Lipinski definition) is 1. The first-order valence-electron chi connectivity index (χ1n) is 10.1. The quantitative estimate of drug-likeness (QED) is 0.739. The van der Waals surface area contributed by atoms with E-state index < -0.39 is 31.9 Å². The van der Waals surface area contributed by atoms with Crippen LogP contribution in [0.2, 0.25) is 18.1 Å². The van der Waals surface area contributed by atoms with E-state index in [0.29, 0.717) is 13.0 Å². The Labute approximate surface area is 174 Å². The standard InChI is InChI=1S/C20H36N4O4Si/c1-19(2,3)28-18(26)24-14(13-27-29(7,8)20(4,5)6)9-10-16(24)23-12-11-15(21)22-17(23)25/h11-12,14,16H,9-10,13H2,1-8H3,(H2,21,22,25)/t14-,16+/m0/s1. The topological polar surface area (TPSA) is 99.7 Å². The molecule has 2 atom stereocenters. The number of nitrogens with two attached hydrogens (primary N) is 1. The van der Waals surface area contributed by atoms with E-state index in [4.69, 9.17) is 14.9 Å². The summed E-state index contributed by atoms with van der Waals surface area (Å²) in [6.45, 7) is 16.8. The van der Waals surface area contributed by atoms with Gasteiger partial charge in [0.25, 0.3) is 0 Å². The molecule has 0 unspecified atom stereocenters. The smallest absolute Gasteiger partial charge is 0.412 e. The minimum atomic E-state index is -1.98. The number of likely N-dealkylation sites (tertiary alicyclic amines) is 1. The molecule has 1 aliphatic rings. The molecule has 2 rings (SSSR count). The highest BCUT2D eigenvalue weighted by Crippen LogP contribution is 2.38. The molecule has 9 heteroatoms. The Morgan fingerprint density at radius 3 is 2.38 bits per heavy atom. The van der Waals surface area contributed by atoms with Gasteiger partial charge in [0.2, 0.25) is 0 Å². The highest BCUT2D eigenvalue weighted by Gasteiger charge is 2.43. The number of aromatic nitrogens is 2. The van der Waals surface area contributed by atoms with Crippen LogP contribution in [0.4, 0.5) is 10.6 Å². The Morgan fingerprint density at radius 2 is 1.86 bits per heavy atom. The average molecular weight is 425 g/mol. The summed E-state index contributed by atoms with van der Waals surface area (Å²) in [6, 6.07) is 1.39. The molecule has 164 valence electrons. The number of hydrogen-bond acceptors (Lipinski definition) is 6. The molecule has 1 fully saturated rings. The Morgan fingerprint density at radius 1 is 1.24 bits per heavy atom. The summed E-state index contributed by atoms with van der Waals surface area (Å²) in [5.74, 6) is 0.158. The zero-order valence-electron chi connectivity index (χ0n) is 19.0. The van der Waals surface area contributed by atoms with E-state index in [9.17, 15) is 9.59 Å². The molecule has 2 heterocycles. The fourth-order valence-corrected chi connectivity index (χ4v) is 4.10. The first-order chi connectivity index (χ1) is 13.1. The number of carbonyl (C=O) groups is 1. The Hall–Kier alpha value is -1.87. The number of anilines is 1. The van der Waals surface area contributed by atoms with Gasteiger partial charge in [-0.3, -0.25) is 9.47 Å². The van der Waals surface area contributed by atoms with Gasteiger partial charge in [-0.05, 0) is 57.8 Å². The predicted molar refractivity (Wildman–Crippen MR) is 116 cm³/mol.